The summed E-state index contributed by atoms with van der Waals surface area (Å²) in [6.07, 6.45) is 3.16. The third-order valence-electron chi connectivity index (χ3n) is 3.50. The first kappa shape index (κ1) is 17.2. The number of hydrogen-bond donors (Lipinski definition) is 2. The van der Waals surface area contributed by atoms with Crippen LogP contribution in [0.5, 0.6) is 0 Å². The molecular formula is C17H29NO2. The van der Waals surface area contributed by atoms with Crippen LogP contribution in [0.1, 0.15) is 51.7 Å². The van der Waals surface area contributed by atoms with E-state index < -0.39 is 6.10 Å². The monoisotopic (exact) mass is 279 g/mol. The van der Waals surface area contributed by atoms with Gasteiger partial charge in [-0.25, -0.2) is 0 Å². The van der Waals surface area contributed by atoms with Crippen molar-refractivity contribution in [1.29, 1.82) is 0 Å². The molecule has 3 nitrogen and oxygen atoms in total. The predicted octanol–water partition coefficient (Wildman–Crippen LogP) is 3.29. The predicted molar refractivity (Wildman–Crippen MR) is 83.8 cm³/mol. The third kappa shape index (κ3) is 7.04. The second kappa shape index (κ2) is 9.92. The lowest BCUT2D eigenvalue weighted by atomic mass is 10.1. The molecule has 0 amide bonds. The minimum atomic E-state index is -0.453. The van der Waals surface area contributed by atoms with Crippen molar-refractivity contribution in [3.8, 4) is 0 Å². The molecule has 114 valence electrons. The summed E-state index contributed by atoms with van der Waals surface area (Å²) in [5.41, 5.74) is 1.14. The van der Waals surface area contributed by atoms with Gasteiger partial charge in [0.15, 0.2) is 0 Å². The second-order valence-electron chi connectivity index (χ2n) is 5.49. The summed E-state index contributed by atoms with van der Waals surface area (Å²) in [4.78, 5) is 0. The Morgan fingerprint density at radius 1 is 1.20 bits per heavy atom. The van der Waals surface area contributed by atoms with E-state index in [9.17, 15) is 5.11 Å². The molecule has 1 rings (SSSR count). The molecule has 0 saturated heterocycles. The summed E-state index contributed by atoms with van der Waals surface area (Å²) >= 11 is 0. The fourth-order valence-corrected chi connectivity index (χ4v) is 2.08. The van der Waals surface area contributed by atoms with Crippen molar-refractivity contribution >= 4 is 0 Å². The Balaban J connectivity index is 2.18. The molecule has 2 N–H and O–H groups in total. The fraction of sp³-hybridized carbons (Fsp3) is 0.647. The number of rotatable bonds is 10. The van der Waals surface area contributed by atoms with E-state index in [4.69, 9.17) is 4.74 Å². The lowest BCUT2D eigenvalue weighted by molar-refractivity contribution is -0.00282. The Hall–Kier alpha value is -0.900. The van der Waals surface area contributed by atoms with Crippen molar-refractivity contribution < 1.29 is 9.84 Å². The van der Waals surface area contributed by atoms with Gasteiger partial charge in [0, 0.05) is 12.6 Å². The topological polar surface area (TPSA) is 41.5 Å². The Morgan fingerprint density at radius 3 is 2.55 bits per heavy atom. The standard InChI is InChI=1S/C17H29NO2/c1-4-5-9-14(2)18-12-17(19)13-20-15(3)16-10-7-6-8-11-16/h6-8,10-11,14-15,17-19H,4-5,9,12-13H2,1-3H3. The summed E-state index contributed by atoms with van der Waals surface area (Å²) in [6, 6.07) is 10.5. The number of aliphatic hydroxyl groups is 1. The zero-order valence-corrected chi connectivity index (χ0v) is 13.0. The van der Waals surface area contributed by atoms with Crippen LogP contribution in [0, 0.1) is 0 Å². The van der Waals surface area contributed by atoms with Crippen LogP contribution < -0.4 is 5.32 Å². The molecule has 0 radical (unpaired) electrons. The minimum Gasteiger partial charge on any atom is -0.389 e. The van der Waals surface area contributed by atoms with Crippen molar-refractivity contribution in [2.75, 3.05) is 13.2 Å². The summed E-state index contributed by atoms with van der Waals surface area (Å²) in [7, 11) is 0. The molecule has 0 spiro atoms. The highest BCUT2D eigenvalue weighted by Crippen LogP contribution is 2.15. The van der Waals surface area contributed by atoms with Crippen LogP contribution >= 0.6 is 0 Å². The number of benzene rings is 1. The normalized spacial score (nSPS) is 15.8. The average Bonchev–Trinajstić information content (AvgIpc) is 2.49. The first-order valence-electron chi connectivity index (χ1n) is 7.71. The molecule has 3 atom stereocenters. The molecule has 1 aromatic rings. The van der Waals surface area contributed by atoms with Gasteiger partial charge in [-0.1, -0.05) is 50.1 Å². The van der Waals surface area contributed by atoms with Gasteiger partial charge in [-0.2, -0.15) is 0 Å². The van der Waals surface area contributed by atoms with Crippen LogP contribution in [0.3, 0.4) is 0 Å². The minimum absolute atomic E-state index is 0.0170. The molecule has 0 aliphatic heterocycles. The molecule has 3 heteroatoms. The van der Waals surface area contributed by atoms with E-state index >= 15 is 0 Å². The largest absolute Gasteiger partial charge is 0.389 e. The quantitative estimate of drug-likeness (QED) is 0.690. The van der Waals surface area contributed by atoms with Crippen LogP contribution in [-0.2, 0) is 4.74 Å². The van der Waals surface area contributed by atoms with Gasteiger partial charge in [-0.3, -0.25) is 0 Å². The molecule has 3 unspecified atom stereocenters. The van der Waals surface area contributed by atoms with Gasteiger partial charge >= 0.3 is 0 Å². The number of nitrogens with one attached hydrogen (secondary N) is 1. The Morgan fingerprint density at radius 2 is 1.90 bits per heavy atom. The van der Waals surface area contributed by atoms with E-state index in [2.05, 4.69) is 19.2 Å². The van der Waals surface area contributed by atoms with Gasteiger partial charge in [-0.05, 0) is 25.8 Å². The highest BCUT2D eigenvalue weighted by molar-refractivity contribution is 5.16. The molecule has 1 aromatic carbocycles. The van der Waals surface area contributed by atoms with Gasteiger partial charge in [0.25, 0.3) is 0 Å². The fourth-order valence-electron chi connectivity index (χ4n) is 2.08. The van der Waals surface area contributed by atoms with Crippen LogP contribution in [-0.4, -0.2) is 30.4 Å². The molecule has 0 bridgehead atoms. The molecule has 0 aliphatic carbocycles. The first-order chi connectivity index (χ1) is 9.63. The van der Waals surface area contributed by atoms with Gasteiger partial charge in [0.05, 0.1) is 18.8 Å². The van der Waals surface area contributed by atoms with E-state index in [0.29, 0.717) is 19.2 Å². The summed E-state index contributed by atoms with van der Waals surface area (Å²) < 4.78 is 5.71. The van der Waals surface area contributed by atoms with Crippen molar-refractivity contribution in [3.63, 3.8) is 0 Å². The van der Waals surface area contributed by atoms with Gasteiger partial charge in [0.2, 0.25) is 0 Å². The zero-order chi connectivity index (χ0) is 14.8. The highest BCUT2D eigenvalue weighted by atomic mass is 16.5. The third-order valence-corrected chi connectivity index (χ3v) is 3.50. The molecule has 0 heterocycles. The van der Waals surface area contributed by atoms with E-state index in [-0.39, 0.29) is 6.10 Å². The van der Waals surface area contributed by atoms with E-state index in [1.165, 1.54) is 12.8 Å². The molecule has 0 fully saturated rings. The van der Waals surface area contributed by atoms with E-state index in [0.717, 1.165) is 12.0 Å². The summed E-state index contributed by atoms with van der Waals surface area (Å²) in [5.74, 6) is 0. The molecule has 20 heavy (non-hydrogen) atoms. The summed E-state index contributed by atoms with van der Waals surface area (Å²) in [6.45, 7) is 7.32. The number of unbranched alkanes of at least 4 members (excludes halogenated alkanes) is 1. The Bertz CT molecular complexity index is 342. The smallest absolute Gasteiger partial charge is 0.0898 e. The summed E-state index contributed by atoms with van der Waals surface area (Å²) in [5, 5.41) is 13.3. The van der Waals surface area contributed by atoms with E-state index in [1.54, 1.807) is 0 Å². The van der Waals surface area contributed by atoms with Crippen LogP contribution in [0.15, 0.2) is 30.3 Å². The molecule has 0 saturated carbocycles. The maximum Gasteiger partial charge on any atom is 0.0898 e. The highest BCUT2D eigenvalue weighted by Gasteiger charge is 2.10. The molecule has 0 aromatic heterocycles. The van der Waals surface area contributed by atoms with Gasteiger partial charge in [-0.15, -0.1) is 0 Å². The maximum absolute atomic E-state index is 9.93. The Labute approximate surface area is 123 Å². The van der Waals surface area contributed by atoms with Gasteiger partial charge < -0.3 is 15.2 Å². The average molecular weight is 279 g/mol. The van der Waals surface area contributed by atoms with Crippen LogP contribution in [0.2, 0.25) is 0 Å². The van der Waals surface area contributed by atoms with Crippen molar-refractivity contribution in [3.05, 3.63) is 35.9 Å². The lowest BCUT2D eigenvalue weighted by Crippen LogP contribution is -2.36. The zero-order valence-electron chi connectivity index (χ0n) is 13.0. The van der Waals surface area contributed by atoms with Crippen molar-refractivity contribution in [1.82, 2.24) is 5.32 Å². The van der Waals surface area contributed by atoms with E-state index in [1.807, 2.05) is 37.3 Å². The van der Waals surface area contributed by atoms with Gasteiger partial charge in [0.1, 0.15) is 0 Å². The number of aliphatic hydroxyl groups excluding tert-OH is 1. The first-order valence-corrected chi connectivity index (χ1v) is 7.71. The lowest BCUT2D eigenvalue weighted by Gasteiger charge is -2.19. The SMILES string of the molecule is CCCCC(C)NCC(O)COC(C)c1ccccc1. The van der Waals surface area contributed by atoms with Crippen LogP contribution in [0.4, 0.5) is 0 Å². The Kier molecular flexibility index (Phi) is 8.51. The molecule has 0 aliphatic rings. The second-order valence-corrected chi connectivity index (χ2v) is 5.49. The number of hydrogen-bond acceptors (Lipinski definition) is 3. The van der Waals surface area contributed by atoms with Crippen molar-refractivity contribution in [2.24, 2.45) is 0 Å². The number of ether oxygens (including phenoxy) is 1. The van der Waals surface area contributed by atoms with Crippen LogP contribution in [0.25, 0.3) is 0 Å². The van der Waals surface area contributed by atoms with Crippen molar-refractivity contribution in [2.45, 2.75) is 58.3 Å². The maximum atomic E-state index is 9.93. The molecular weight excluding hydrogens is 250 g/mol.